The summed E-state index contributed by atoms with van der Waals surface area (Å²) >= 11 is 0. The van der Waals surface area contributed by atoms with Gasteiger partial charge in [-0.15, -0.1) is 0 Å². The van der Waals surface area contributed by atoms with Crippen LogP contribution in [0.2, 0.25) is 0 Å². The molecule has 0 aromatic heterocycles. The van der Waals surface area contributed by atoms with E-state index < -0.39 is 17.5 Å². The lowest BCUT2D eigenvalue weighted by Gasteiger charge is -2.10. The van der Waals surface area contributed by atoms with Crippen LogP contribution in [0.25, 0.3) is 5.57 Å². The van der Waals surface area contributed by atoms with Crippen molar-refractivity contribution in [1.29, 1.82) is 0 Å². The number of carbonyl (C=O) groups is 1. The molecule has 0 amide bonds. The van der Waals surface area contributed by atoms with Crippen LogP contribution in [-0.2, 0) is 17.4 Å². The van der Waals surface area contributed by atoms with Gasteiger partial charge in [0.05, 0.1) is 17.4 Å². The first kappa shape index (κ1) is 15.8. The lowest BCUT2D eigenvalue weighted by atomic mass is 9.96. The van der Waals surface area contributed by atoms with Gasteiger partial charge in [-0.25, -0.2) is 0 Å². The van der Waals surface area contributed by atoms with Crippen molar-refractivity contribution in [3.05, 3.63) is 77.5 Å². The summed E-state index contributed by atoms with van der Waals surface area (Å²) in [6.07, 6.45) is -3.94. The van der Waals surface area contributed by atoms with Crippen LogP contribution in [0.3, 0.4) is 0 Å². The molecule has 0 aliphatic heterocycles. The molecular formula is C17H13F3O2. The number of carbonyl (C=O) groups excluding carboxylic acids is 1. The van der Waals surface area contributed by atoms with Crippen LogP contribution in [0.15, 0.2) is 60.9 Å². The molecule has 0 saturated heterocycles. The SMILES string of the molecule is O=C(Cc1ccccc1)C(=CO)c1cccc(C(F)(F)F)c1. The molecule has 2 aromatic rings. The number of alkyl halides is 3. The second kappa shape index (κ2) is 6.47. The molecule has 0 radical (unpaired) electrons. The quantitative estimate of drug-likeness (QED) is 0.671. The number of hydrogen-bond donors (Lipinski definition) is 1. The Labute approximate surface area is 125 Å². The first-order valence-electron chi connectivity index (χ1n) is 6.51. The molecule has 2 nitrogen and oxygen atoms in total. The van der Waals surface area contributed by atoms with Gasteiger partial charge in [0.25, 0.3) is 0 Å². The maximum Gasteiger partial charge on any atom is 0.416 e. The van der Waals surface area contributed by atoms with Gasteiger partial charge < -0.3 is 5.11 Å². The molecule has 0 saturated carbocycles. The van der Waals surface area contributed by atoms with Crippen molar-refractivity contribution in [2.75, 3.05) is 0 Å². The topological polar surface area (TPSA) is 37.3 Å². The summed E-state index contributed by atoms with van der Waals surface area (Å²) in [7, 11) is 0. The maximum atomic E-state index is 12.7. The minimum absolute atomic E-state index is 0.00345. The summed E-state index contributed by atoms with van der Waals surface area (Å²) in [5.41, 5.74) is -0.246. The number of rotatable bonds is 4. The highest BCUT2D eigenvalue weighted by Crippen LogP contribution is 2.31. The summed E-state index contributed by atoms with van der Waals surface area (Å²) in [6.45, 7) is 0. The van der Waals surface area contributed by atoms with Gasteiger partial charge in [0, 0.05) is 6.42 Å². The molecule has 2 aromatic carbocycles. The van der Waals surface area contributed by atoms with Crippen molar-refractivity contribution in [3.63, 3.8) is 0 Å². The summed E-state index contributed by atoms with van der Waals surface area (Å²) in [5.74, 6) is -0.451. The van der Waals surface area contributed by atoms with E-state index in [4.69, 9.17) is 0 Å². The van der Waals surface area contributed by atoms with E-state index in [1.807, 2.05) is 0 Å². The standard InChI is InChI=1S/C17H13F3O2/c18-17(19,20)14-8-4-7-13(10-14)15(11-21)16(22)9-12-5-2-1-3-6-12/h1-8,10-11,21H,9H2. The number of aliphatic hydroxyl groups is 1. The van der Waals surface area contributed by atoms with Crippen LogP contribution in [-0.4, -0.2) is 10.9 Å². The van der Waals surface area contributed by atoms with Gasteiger partial charge in [-0.2, -0.15) is 13.2 Å². The lowest BCUT2D eigenvalue weighted by molar-refractivity contribution is -0.137. The van der Waals surface area contributed by atoms with Crippen molar-refractivity contribution < 1.29 is 23.1 Å². The fourth-order valence-corrected chi connectivity index (χ4v) is 2.05. The number of ketones is 1. The minimum atomic E-state index is -4.50. The average Bonchev–Trinajstić information content (AvgIpc) is 2.48. The highest BCUT2D eigenvalue weighted by Gasteiger charge is 2.31. The van der Waals surface area contributed by atoms with Gasteiger partial charge in [0.1, 0.15) is 0 Å². The molecule has 1 N–H and O–H groups in total. The van der Waals surface area contributed by atoms with Gasteiger partial charge >= 0.3 is 6.18 Å². The van der Waals surface area contributed by atoms with E-state index >= 15 is 0 Å². The van der Waals surface area contributed by atoms with Gasteiger partial charge in [-0.1, -0.05) is 42.5 Å². The van der Waals surface area contributed by atoms with Crippen LogP contribution >= 0.6 is 0 Å². The fraction of sp³-hybridized carbons (Fsp3) is 0.118. The zero-order valence-electron chi connectivity index (χ0n) is 11.5. The molecule has 0 bridgehead atoms. The summed E-state index contributed by atoms with van der Waals surface area (Å²) in [4.78, 5) is 12.2. The molecule has 0 unspecified atom stereocenters. The van der Waals surface area contributed by atoms with Gasteiger partial charge in [-0.3, -0.25) is 4.79 Å². The van der Waals surface area contributed by atoms with E-state index in [1.54, 1.807) is 30.3 Å². The molecule has 5 heteroatoms. The molecule has 114 valence electrons. The number of allylic oxidation sites excluding steroid dienone is 1. The van der Waals surface area contributed by atoms with Gasteiger partial charge in [0.2, 0.25) is 0 Å². The third-order valence-electron chi connectivity index (χ3n) is 3.14. The normalized spacial score (nSPS) is 12.2. The Morgan fingerprint density at radius 3 is 2.32 bits per heavy atom. The Kier molecular flexibility index (Phi) is 4.65. The van der Waals surface area contributed by atoms with E-state index in [0.717, 1.165) is 17.7 Å². The number of benzene rings is 2. The van der Waals surface area contributed by atoms with Crippen LogP contribution in [0.1, 0.15) is 16.7 Å². The molecule has 0 heterocycles. The Morgan fingerprint density at radius 2 is 1.73 bits per heavy atom. The van der Waals surface area contributed by atoms with Crippen LogP contribution in [0.5, 0.6) is 0 Å². The highest BCUT2D eigenvalue weighted by molar-refractivity contribution is 6.21. The van der Waals surface area contributed by atoms with Crippen molar-refractivity contribution in [2.24, 2.45) is 0 Å². The molecule has 0 aliphatic rings. The van der Waals surface area contributed by atoms with Crippen LogP contribution in [0, 0.1) is 0 Å². The second-order valence-corrected chi connectivity index (χ2v) is 4.71. The van der Waals surface area contributed by atoms with E-state index in [1.165, 1.54) is 12.1 Å². The Hall–Kier alpha value is -2.56. The first-order valence-corrected chi connectivity index (χ1v) is 6.51. The van der Waals surface area contributed by atoms with Crippen molar-refractivity contribution in [1.82, 2.24) is 0 Å². The largest absolute Gasteiger partial charge is 0.515 e. The fourth-order valence-electron chi connectivity index (χ4n) is 2.05. The Bertz CT molecular complexity index is 689. The lowest BCUT2D eigenvalue weighted by Crippen LogP contribution is -2.09. The maximum absolute atomic E-state index is 12.7. The van der Waals surface area contributed by atoms with E-state index in [9.17, 15) is 23.1 Å². The van der Waals surface area contributed by atoms with E-state index in [-0.39, 0.29) is 17.6 Å². The smallest absolute Gasteiger partial charge is 0.416 e. The van der Waals surface area contributed by atoms with Gasteiger partial charge in [-0.05, 0) is 23.3 Å². The minimum Gasteiger partial charge on any atom is -0.515 e. The van der Waals surface area contributed by atoms with E-state index in [0.29, 0.717) is 6.26 Å². The second-order valence-electron chi connectivity index (χ2n) is 4.71. The van der Waals surface area contributed by atoms with Crippen molar-refractivity contribution in [2.45, 2.75) is 12.6 Å². The molecule has 22 heavy (non-hydrogen) atoms. The Balaban J connectivity index is 2.27. The molecule has 0 aliphatic carbocycles. The average molecular weight is 306 g/mol. The van der Waals surface area contributed by atoms with E-state index in [2.05, 4.69) is 0 Å². The van der Waals surface area contributed by atoms with Crippen molar-refractivity contribution in [3.8, 4) is 0 Å². The molecular weight excluding hydrogens is 293 g/mol. The number of halogens is 3. The molecule has 0 atom stereocenters. The summed E-state index contributed by atoms with van der Waals surface area (Å²) < 4.78 is 38.1. The zero-order chi connectivity index (χ0) is 16.2. The summed E-state index contributed by atoms with van der Waals surface area (Å²) in [5, 5.41) is 9.26. The third kappa shape index (κ3) is 3.75. The molecule has 0 fully saturated rings. The van der Waals surface area contributed by atoms with Crippen LogP contribution in [0.4, 0.5) is 13.2 Å². The Morgan fingerprint density at radius 1 is 1.05 bits per heavy atom. The molecule has 0 spiro atoms. The monoisotopic (exact) mass is 306 g/mol. The van der Waals surface area contributed by atoms with Crippen LogP contribution < -0.4 is 0 Å². The number of hydrogen-bond acceptors (Lipinski definition) is 2. The predicted molar refractivity (Wildman–Crippen MR) is 77.2 cm³/mol. The molecule has 2 rings (SSSR count). The van der Waals surface area contributed by atoms with Gasteiger partial charge in [0.15, 0.2) is 5.78 Å². The van der Waals surface area contributed by atoms with Crippen molar-refractivity contribution >= 4 is 11.4 Å². The first-order chi connectivity index (χ1) is 10.4. The summed E-state index contributed by atoms with van der Waals surface area (Å²) in [6, 6.07) is 13.1. The third-order valence-corrected chi connectivity index (χ3v) is 3.14. The predicted octanol–water partition coefficient (Wildman–Crippen LogP) is 4.42. The highest BCUT2D eigenvalue weighted by atomic mass is 19.4. The number of Topliss-reactive ketones (excluding diaryl/α,β-unsaturated/α-hetero) is 1. The number of aliphatic hydroxyl groups excluding tert-OH is 1. The zero-order valence-corrected chi connectivity index (χ0v) is 11.5.